The van der Waals surface area contributed by atoms with Crippen LogP contribution >= 0.6 is 0 Å². The zero-order valence-corrected chi connectivity index (χ0v) is 12.0. The van der Waals surface area contributed by atoms with Crippen molar-refractivity contribution >= 4 is 5.82 Å². The Morgan fingerprint density at radius 2 is 1.83 bits per heavy atom. The third-order valence-corrected chi connectivity index (χ3v) is 3.33. The van der Waals surface area contributed by atoms with E-state index in [1.807, 2.05) is 13.8 Å². The summed E-state index contributed by atoms with van der Waals surface area (Å²) in [7, 11) is 1.65. The minimum absolute atomic E-state index is 0.637. The number of methoxy groups -OCH3 is 1. The summed E-state index contributed by atoms with van der Waals surface area (Å²) in [6.45, 7) is 8.39. The first kappa shape index (κ1) is 14.7. The highest BCUT2D eigenvalue weighted by atomic mass is 16.5. The van der Waals surface area contributed by atoms with Crippen molar-refractivity contribution < 1.29 is 4.74 Å². The van der Waals surface area contributed by atoms with Gasteiger partial charge in [-0.1, -0.05) is 27.2 Å². The van der Waals surface area contributed by atoms with Gasteiger partial charge in [-0.3, -0.25) is 0 Å². The van der Waals surface area contributed by atoms with E-state index in [4.69, 9.17) is 4.74 Å². The average Bonchev–Trinajstić information content (AvgIpc) is 2.49. The molecule has 0 unspecified atom stereocenters. The molecule has 18 heavy (non-hydrogen) atoms. The number of aromatic nitrogens is 2. The molecule has 0 saturated carbocycles. The maximum Gasteiger partial charge on any atom is 0.257 e. The van der Waals surface area contributed by atoms with Crippen LogP contribution in [0.4, 0.5) is 5.82 Å². The summed E-state index contributed by atoms with van der Waals surface area (Å²) in [6, 6.07) is 0. The van der Waals surface area contributed by atoms with Gasteiger partial charge < -0.3 is 9.64 Å². The van der Waals surface area contributed by atoms with E-state index in [1.54, 1.807) is 19.5 Å². The highest BCUT2D eigenvalue weighted by molar-refractivity contribution is 5.47. The number of rotatable bonds is 3. The molecular formula is C14H25N3O. The number of nitrogens with zero attached hydrogens (tertiary/aromatic N) is 3. The molecule has 0 bridgehead atoms. The zero-order valence-electron chi connectivity index (χ0n) is 12.0. The monoisotopic (exact) mass is 251 g/mol. The summed E-state index contributed by atoms with van der Waals surface area (Å²) in [5.74, 6) is 2.40. The van der Waals surface area contributed by atoms with Crippen LogP contribution in [-0.4, -0.2) is 30.2 Å². The molecule has 2 rings (SSSR count). The van der Waals surface area contributed by atoms with Gasteiger partial charge in [0.2, 0.25) is 0 Å². The topological polar surface area (TPSA) is 38.2 Å². The summed E-state index contributed by atoms with van der Waals surface area (Å²) in [6.07, 6.45) is 7.17. The Hall–Kier alpha value is -1.32. The van der Waals surface area contributed by atoms with Gasteiger partial charge >= 0.3 is 0 Å². The normalized spacial score (nSPS) is 15.9. The maximum atomic E-state index is 5.24. The number of piperidine rings is 1. The van der Waals surface area contributed by atoms with Crippen molar-refractivity contribution in [3.05, 3.63) is 12.4 Å². The number of ether oxygens (including phenoxy) is 1. The Kier molecular flexibility index (Phi) is 6.47. The third kappa shape index (κ3) is 3.59. The fraction of sp³-hybridized carbons (Fsp3) is 0.714. The van der Waals surface area contributed by atoms with Gasteiger partial charge in [0.1, 0.15) is 0 Å². The molecule has 102 valence electrons. The van der Waals surface area contributed by atoms with Crippen molar-refractivity contribution in [1.29, 1.82) is 0 Å². The molecule has 2 heterocycles. The Morgan fingerprint density at radius 1 is 1.22 bits per heavy atom. The van der Waals surface area contributed by atoms with Crippen LogP contribution in [-0.2, 0) is 0 Å². The van der Waals surface area contributed by atoms with Gasteiger partial charge in [-0.2, -0.15) is 0 Å². The quantitative estimate of drug-likeness (QED) is 0.827. The van der Waals surface area contributed by atoms with Crippen molar-refractivity contribution in [2.24, 2.45) is 5.92 Å². The number of hydrogen-bond acceptors (Lipinski definition) is 4. The second-order valence-electron chi connectivity index (χ2n) is 4.23. The molecule has 0 aliphatic carbocycles. The van der Waals surface area contributed by atoms with E-state index in [-0.39, 0.29) is 0 Å². The van der Waals surface area contributed by atoms with Crippen LogP contribution in [0.25, 0.3) is 0 Å². The first-order valence-corrected chi connectivity index (χ1v) is 6.95. The second-order valence-corrected chi connectivity index (χ2v) is 4.23. The van der Waals surface area contributed by atoms with Gasteiger partial charge in [-0.05, 0) is 18.8 Å². The van der Waals surface area contributed by atoms with E-state index in [9.17, 15) is 0 Å². The van der Waals surface area contributed by atoms with Gasteiger partial charge in [0, 0.05) is 25.5 Å². The summed E-state index contributed by atoms with van der Waals surface area (Å²) in [5, 5.41) is 0. The minimum Gasteiger partial charge on any atom is -0.478 e. The largest absolute Gasteiger partial charge is 0.478 e. The Labute approximate surface area is 110 Å². The summed E-state index contributed by atoms with van der Waals surface area (Å²) in [5.41, 5.74) is 0. The van der Waals surface area contributed by atoms with Crippen LogP contribution in [0, 0.1) is 5.92 Å². The molecule has 0 N–H and O–H groups in total. The number of anilines is 1. The molecule has 1 aliphatic heterocycles. The fourth-order valence-electron chi connectivity index (χ4n) is 2.23. The lowest BCUT2D eigenvalue weighted by molar-refractivity contribution is 0.375. The Bertz CT molecular complexity index is 336. The predicted octanol–water partition coefficient (Wildman–Crippen LogP) is 3.14. The lowest BCUT2D eigenvalue weighted by Crippen LogP contribution is -2.34. The Balaban J connectivity index is 0.000000771. The fourth-order valence-corrected chi connectivity index (χ4v) is 2.23. The minimum atomic E-state index is 0.637. The van der Waals surface area contributed by atoms with Crippen LogP contribution < -0.4 is 9.64 Å². The SMILES string of the molecule is CC.CCC1CCN(c2nccnc2OC)CC1. The van der Waals surface area contributed by atoms with Crippen LogP contribution in [0.15, 0.2) is 12.4 Å². The van der Waals surface area contributed by atoms with Gasteiger partial charge in [-0.15, -0.1) is 0 Å². The first-order chi connectivity index (χ1) is 8.85. The van der Waals surface area contributed by atoms with Crippen LogP contribution in [0.5, 0.6) is 5.88 Å². The van der Waals surface area contributed by atoms with E-state index >= 15 is 0 Å². The second kappa shape index (κ2) is 7.90. The van der Waals surface area contributed by atoms with Gasteiger partial charge in [0.25, 0.3) is 5.88 Å². The van der Waals surface area contributed by atoms with E-state index in [0.29, 0.717) is 5.88 Å². The van der Waals surface area contributed by atoms with E-state index in [0.717, 1.165) is 24.8 Å². The highest BCUT2D eigenvalue weighted by Gasteiger charge is 2.21. The molecule has 0 amide bonds. The molecule has 0 aromatic carbocycles. The zero-order chi connectivity index (χ0) is 13.4. The molecule has 4 heteroatoms. The van der Waals surface area contributed by atoms with Crippen LogP contribution in [0.2, 0.25) is 0 Å². The molecule has 1 aromatic heterocycles. The lowest BCUT2D eigenvalue weighted by Gasteiger charge is -2.32. The van der Waals surface area contributed by atoms with Gasteiger partial charge in [0.05, 0.1) is 7.11 Å². The van der Waals surface area contributed by atoms with E-state index in [1.165, 1.54) is 19.3 Å². The standard InChI is InChI=1S/C12H19N3O.C2H6/c1-3-10-4-8-15(9-5-10)11-12(16-2)14-7-6-13-11;1-2/h6-7,10H,3-5,8-9H2,1-2H3;1-2H3. The van der Waals surface area contributed by atoms with Crippen molar-refractivity contribution in [3.8, 4) is 5.88 Å². The van der Waals surface area contributed by atoms with E-state index < -0.39 is 0 Å². The average molecular weight is 251 g/mol. The molecule has 4 nitrogen and oxygen atoms in total. The molecule has 1 saturated heterocycles. The summed E-state index contributed by atoms with van der Waals surface area (Å²) >= 11 is 0. The molecular weight excluding hydrogens is 226 g/mol. The molecule has 1 aliphatic rings. The van der Waals surface area contributed by atoms with Gasteiger partial charge in [0.15, 0.2) is 5.82 Å². The summed E-state index contributed by atoms with van der Waals surface area (Å²) < 4.78 is 5.24. The lowest BCUT2D eigenvalue weighted by atomic mass is 9.94. The van der Waals surface area contributed by atoms with Crippen molar-refractivity contribution in [3.63, 3.8) is 0 Å². The van der Waals surface area contributed by atoms with Gasteiger partial charge in [-0.25, -0.2) is 9.97 Å². The molecule has 1 fully saturated rings. The predicted molar refractivity (Wildman–Crippen MR) is 75.2 cm³/mol. The van der Waals surface area contributed by atoms with E-state index in [2.05, 4.69) is 21.8 Å². The van der Waals surface area contributed by atoms with Crippen molar-refractivity contribution in [1.82, 2.24) is 9.97 Å². The van der Waals surface area contributed by atoms with Crippen molar-refractivity contribution in [2.75, 3.05) is 25.1 Å². The molecule has 1 aromatic rings. The van der Waals surface area contributed by atoms with Crippen LogP contribution in [0.1, 0.15) is 40.0 Å². The highest BCUT2D eigenvalue weighted by Crippen LogP contribution is 2.28. The smallest absolute Gasteiger partial charge is 0.257 e. The van der Waals surface area contributed by atoms with Crippen LogP contribution in [0.3, 0.4) is 0 Å². The maximum absolute atomic E-state index is 5.24. The Morgan fingerprint density at radius 3 is 2.39 bits per heavy atom. The summed E-state index contributed by atoms with van der Waals surface area (Å²) in [4.78, 5) is 10.8. The molecule has 0 radical (unpaired) electrons. The first-order valence-electron chi connectivity index (χ1n) is 6.95. The molecule has 0 atom stereocenters. The third-order valence-electron chi connectivity index (χ3n) is 3.33. The van der Waals surface area contributed by atoms with Crippen molar-refractivity contribution in [2.45, 2.75) is 40.0 Å². The number of hydrogen-bond donors (Lipinski definition) is 0. The molecule has 0 spiro atoms.